The van der Waals surface area contributed by atoms with Crippen LogP contribution in [-0.2, 0) is 11.2 Å². The fraction of sp³-hybridized carbons (Fsp3) is 0.0417. The number of nitrogens with one attached hydrogen (secondary N) is 1. The summed E-state index contributed by atoms with van der Waals surface area (Å²) >= 11 is 19.6. The Morgan fingerprint density at radius 2 is 1.94 bits per heavy atom. The quantitative estimate of drug-likeness (QED) is 0.213. The Kier molecular flexibility index (Phi) is 7.17. The van der Waals surface area contributed by atoms with E-state index in [1.54, 1.807) is 48.7 Å². The number of rotatable bonds is 6. The topological polar surface area (TPSA) is 78.9 Å². The van der Waals surface area contributed by atoms with Gasteiger partial charge in [-0.1, -0.05) is 46.9 Å². The van der Waals surface area contributed by atoms with Crippen LogP contribution in [0.25, 0.3) is 17.4 Å². The maximum Gasteiger partial charge on any atom is 0.268 e. The molecule has 5 nitrogen and oxygen atoms in total. The van der Waals surface area contributed by atoms with Gasteiger partial charge in [-0.25, -0.2) is 4.98 Å². The molecule has 0 saturated carbocycles. The second-order valence-corrected chi connectivity index (χ2v) is 9.28. The standard InChI is InChI=1S/C24H14Cl3N3O2S/c25-17-3-1-2-14(8-17)22-7-5-19(32-22)10-16(12-28)23(31)30-24-29-13-20(33-24)11-15-9-18(26)4-6-21(15)27/h1-10,13H,11H2,(H,29,30,31). The maximum atomic E-state index is 12.6. The van der Waals surface area contributed by atoms with E-state index >= 15 is 0 Å². The zero-order chi connectivity index (χ0) is 23.4. The summed E-state index contributed by atoms with van der Waals surface area (Å²) in [6, 6.07) is 17.8. The Bertz CT molecular complexity index is 1400. The number of carbonyl (C=O) groups excluding carboxylic acids is 1. The molecule has 1 amide bonds. The van der Waals surface area contributed by atoms with Crippen molar-refractivity contribution in [1.29, 1.82) is 5.26 Å². The third-order valence-corrected chi connectivity index (χ3v) is 6.29. The van der Waals surface area contributed by atoms with Crippen LogP contribution in [0.15, 0.2) is 70.8 Å². The zero-order valence-corrected chi connectivity index (χ0v) is 19.9. The number of carbonyl (C=O) groups is 1. The normalized spacial score (nSPS) is 11.3. The average Bonchev–Trinajstić information content (AvgIpc) is 3.44. The van der Waals surface area contributed by atoms with Crippen LogP contribution in [0.4, 0.5) is 5.13 Å². The Labute approximate surface area is 208 Å². The molecule has 0 radical (unpaired) electrons. The lowest BCUT2D eigenvalue weighted by Gasteiger charge is -2.02. The first-order valence-electron chi connectivity index (χ1n) is 9.59. The summed E-state index contributed by atoms with van der Waals surface area (Å²) in [4.78, 5) is 17.7. The molecule has 4 rings (SSSR count). The van der Waals surface area contributed by atoms with E-state index in [1.807, 2.05) is 18.2 Å². The van der Waals surface area contributed by atoms with Gasteiger partial charge in [0, 0.05) is 44.2 Å². The van der Waals surface area contributed by atoms with E-state index in [9.17, 15) is 10.1 Å². The minimum Gasteiger partial charge on any atom is -0.457 e. The molecule has 1 N–H and O–H groups in total. The highest BCUT2D eigenvalue weighted by Crippen LogP contribution is 2.28. The van der Waals surface area contributed by atoms with Gasteiger partial charge in [-0.05, 0) is 48.0 Å². The van der Waals surface area contributed by atoms with Gasteiger partial charge in [0.05, 0.1) is 0 Å². The molecule has 0 aliphatic heterocycles. The van der Waals surface area contributed by atoms with E-state index in [2.05, 4.69) is 10.3 Å². The van der Waals surface area contributed by atoms with E-state index in [0.29, 0.717) is 38.1 Å². The van der Waals surface area contributed by atoms with Gasteiger partial charge < -0.3 is 4.42 Å². The van der Waals surface area contributed by atoms with Gasteiger partial charge in [-0.2, -0.15) is 5.26 Å². The largest absolute Gasteiger partial charge is 0.457 e. The lowest BCUT2D eigenvalue weighted by atomic mass is 10.1. The monoisotopic (exact) mass is 513 g/mol. The molecule has 0 bridgehead atoms. The van der Waals surface area contributed by atoms with Crippen molar-refractivity contribution in [2.75, 3.05) is 5.32 Å². The van der Waals surface area contributed by atoms with Gasteiger partial charge >= 0.3 is 0 Å². The fourth-order valence-electron chi connectivity index (χ4n) is 3.00. The van der Waals surface area contributed by atoms with Crippen molar-refractivity contribution in [1.82, 2.24) is 4.98 Å². The molecule has 0 aliphatic carbocycles. The second kappa shape index (κ2) is 10.2. The highest BCUT2D eigenvalue weighted by molar-refractivity contribution is 7.15. The highest BCUT2D eigenvalue weighted by atomic mass is 35.5. The molecule has 0 fully saturated rings. The van der Waals surface area contributed by atoms with Gasteiger partial charge in [0.15, 0.2) is 5.13 Å². The molecule has 164 valence electrons. The molecule has 33 heavy (non-hydrogen) atoms. The summed E-state index contributed by atoms with van der Waals surface area (Å²) in [5, 5.41) is 14.3. The van der Waals surface area contributed by atoms with Crippen molar-refractivity contribution in [2.24, 2.45) is 0 Å². The van der Waals surface area contributed by atoms with Crippen LogP contribution in [0.2, 0.25) is 15.1 Å². The van der Waals surface area contributed by atoms with E-state index in [0.717, 1.165) is 16.0 Å². The van der Waals surface area contributed by atoms with Crippen LogP contribution in [0.1, 0.15) is 16.2 Å². The van der Waals surface area contributed by atoms with Crippen LogP contribution < -0.4 is 5.32 Å². The summed E-state index contributed by atoms with van der Waals surface area (Å²) in [7, 11) is 0. The summed E-state index contributed by atoms with van der Waals surface area (Å²) in [5.41, 5.74) is 1.54. The van der Waals surface area contributed by atoms with Crippen molar-refractivity contribution >= 4 is 63.3 Å². The number of furan rings is 1. The lowest BCUT2D eigenvalue weighted by molar-refractivity contribution is -0.112. The molecule has 2 heterocycles. The van der Waals surface area contributed by atoms with E-state index in [4.69, 9.17) is 39.2 Å². The van der Waals surface area contributed by atoms with Crippen molar-refractivity contribution in [2.45, 2.75) is 6.42 Å². The summed E-state index contributed by atoms with van der Waals surface area (Å²) < 4.78 is 5.75. The molecule has 2 aromatic carbocycles. The number of benzene rings is 2. The first-order valence-corrected chi connectivity index (χ1v) is 11.5. The number of nitriles is 1. The maximum absolute atomic E-state index is 12.6. The number of amides is 1. The summed E-state index contributed by atoms with van der Waals surface area (Å²) in [6.45, 7) is 0. The zero-order valence-electron chi connectivity index (χ0n) is 16.8. The van der Waals surface area contributed by atoms with Crippen molar-refractivity contribution in [3.05, 3.63) is 97.6 Å². The van der Waals surface area contributed by atoms with E-state index in [1.165, 1.54) is 17.4 Å². The van der Waals surface area contributed by atoms with Gasteiger partial charge in [-0.15, -0.1) is 11.3 Å². The first-order chi connectivity index (χ1) is 15.9. The van der Waals surface area contributed by atoms with Crippen molar-refractivity contribution in [3.63, 3.8) is 0 Å². The number of hydrogen-bond acceptors (Lipinski definition) is 5. The van der Waals surface area contributed by atoms with Gasteiger partial charge in [0.1, 0.15) is 23.2 Å². The Morgan fingerprint density at radius 3 is 2.73 bits per heavy atom. The Balaban J connectivity index is 1.46. The molecule has 2 aromatic heterocycles. The number of aromatic nitrogens is 1. The predicted molar refractivity (Wildman–Crippen MR) is 133 cm³/mol. The number of hydrogen-bond donors (Lipinski definition) is 1. The van der Waals surface area contributed by atoms with Crippen LogP contribution in [0, 0.1) is 11.3 Å². The predicted octanol–water partition coefficient (Wildman–Crippen LogP) is 7.50. The van der Waals surface area contributed by atoms with Gasteiger partial charge in [0.25, 0.3) is 5.91 Å². The second-order valence-electron chi connectivity index (χ2n) is 6.88. The minimum atomic E-state index is -0.583. The first kappa shape index (κ1) is 23.1. The average molecular weight is 515 g/mol. The Hall–Kier alpha value is -3.08. The molecule has 9 heteroatoms. The molecule has 0 saturated heterocycles. The minimum absolute atomic E-state index is 0.114. The van der Waals surface area contributed by atoms with Crippen LogP contribution in [-0.4, -0.2) is 10.9 Å². The van der Waals surface area contributed by atoms with Crippen LogP contribution in [0.5, 0.6) is 0 Å². The lowest BCUT2D eigenvalue weighted by Crippen LogP contribution is -2.13. The Morgan fingerprint density at radius 1 is 1.12 bits per heavy atom. The van der Waals surface area contributed by atoms with Crippen LogP contribution >= 0.6 is 46.1 Å². The molecular formula is C24H14Cl3N3O2S. The summed E-state index contributed by atoms with van der Waals surface area (Å²) in [5.74, 6) is 0.359. The molecule has 0 atom stereocenters. The molecule has 4 aromatic rings. The molecule has 0 aliphatic rings. The molecule has 0 spiro atoms. The number of halogens is 3. The molecule has 0 unspecified atom stereocenters. The van der Waals surface area contributed by atoms with E-state index in [-0.39, 0.29) is 5.57 Å². The van der Waals surface area contributed by atoms with Gasteiger partial charge in [0.2, 0.25) is 0 Å². The smallest absolute Gasteiger partial charge is 0.268 e. The fourth-order valence-corrected chi connectivity index (χ4v) is 4.40. The SMILES string of the molecule is N#CC(=Cc1ccc(-c2cccc(Cl)c2)o1)C(=O)Nc1ncc(Cc2cc(Cl)ccc2Cl)s1. The number of anilines is 1. The third-order valence-electron chi connectivity index (χ3n) is 4.53. The summed E-state index contributed by atoms with van der Waals surface area (Å²) in [6.07, 6.45) is 3.55. The number of thiazole rings is 1. The van der Waals surface area contributed by atoms with Gasteiger partial charge in [-0.3, -0.25) is 10.1 Å². The highest BCUT2D eigenvalue weighted by Gasteiger charge is 2.14. The third kappa shape index (κ3) is 5.84. The van der Waals surface area contributed by atoms with Crippen molar-refractivity contribution < 1.29 is 9.21 Å². The molecular weight excluding hydrogens is 501 g/mol. The van der Waals surface area contributed by atoms with Crippen LogP contribution in [0.3, 0.4) is 0 Å². The number of nitrogens with zero attached hydrogens (tertiary/aromatic N) is 2. The van der Waals surface area contributed by atoms with E-state index < -0.39 is 5.91 Å². The van der Waals surface area contributed by atoms with Crippen molar-refractivity contribution in [3.8, 4) is 17.4 Å².